The summed E-state index contributed by atoms with van der Waals surface area (Å²) in [6.07, 6.45) is 4.11. The van der Waals surface area contributed by atoms with Crippen molar-refractivity contribution in [1.82, 2.24) is 14.8 Å². The second-order valence-corrected chi connectivity index (χ2v) is 6.20. The first-order chi connectivity index (χ1) is 10.1. The number of rotatable bonds is 4. The maximum atomic E-state index is 12.3. The molecule has 3 rings (SSSR count). The Morgan fingerprint density at radius 3 is 2.86 bits per heavy atom. The van der Waals surface area contributed by atoms with Gasteiger partial charge < -0.3 is 5.32 Å². The molecule has 0 aliphatic heterocycles. The summed E-state index contributed by atoms with van der Waals surface area (Å²) in [4.78, 5) is 16.6. The van der Waals surface area contributed by atoms with Crippen molar-refractivity contribution in [2.45, 2.75) is 39.2 Å². The summed E-state index contributed by atoms with van der Waals surface area (Å²) >= 11 is 3.41. The highest BCUT2D eigenvalue weighted by Crippen LogP contribution is 2.40. The number of nitrogens with zero attached hydrogens (tertiary/aromatic N) is 3. The van der Waals surface area contributed by atoms with E-state index in [2.05, 4.69) is 31.3 Å². The van der Waals surface area contributed by atoms with Gasteiger partial charge in [0.15, 0.2) is 5.69 Å². The fourth-order valence-corrected chi connectivity index (χ4v) is 2.86. The Bertz CT molecular complexity index is 691. The van der Waals surface area contributed by atoms with E-state index < -0.39 is 0 Å². The van der Waals surface area contributed by atoms with Crippen LogP contribution in [-0.2, 0) is 6.54 Å². The fourth-order valence-electron chi connectivity index (χ4n) is 2.30. The van der Waals surface area contributed by atoms with Crippen molar-refractivity contribution in [1.29, 1.82) is 0 Å². The summed E-state index contributed by atoms with van der Waals surface area (Å²) < 4.78 is 2.69. The van der Waals surface area contributed by atoms with Gasteiger partial charge in [0.05, 0.1) is 4.47 Å². The molecular formula is C15H17BrN4O. The molecule has 0 bridgehead atoms. The molecule has 110 valence electrons. The van der Waals surface area contributed by atoms with Crippen LogP contribution < -0.4 is 5.32 Å². The Balaban J connectivity index is 1.81. The molecule has 21 heavy (non-hydrogen) atoms. The first-order valence-corrected chi connectivity index (χ1v) is 7.89. The number of amides is 1. The van der Waals surface area contributed by atoms with Gasteiger partial charge in [-0.05, 0) is 60.3 Å². The lowest BCUT2D eigenvalue weighted by molar-refractivity contribution is 0.102. The molecule has 1 fully saturated rings. The summed E-state index contributed by atoms with van der Waals surface area (Å²) in [6.45, 7) is 4.78. The number of aromatic nitrogens is 3. The van der Waals surface area contributed by atoms with E-state index in [9.17, 15) is 4.79 Å². The molecule has 1 saturated carbocycles. The van der Waals surface area contributed by atoms with Crippen LogP contribution in [0.1, 0.15) is 47.4 Å². The van der Waals surface area contributed by atoms with Gasteiger partial charge in [0, 0.05) is 24.4 Å². The van der Waals surface area contributed by atoms with Crippen LogP contribution in [0.3, 0.4) is 0 Å². The minimum atomic E-state index is -0.221. The van der Waals surface area contributed by atoms with E-state index in [-0.39, 0.29) is 5.91 Å². The van der Waals surface area contributed by atoms with Crippen LogP contribution in [0.2, 0.25) is 0 Å². The van der Waals surface area contributed by atoms with E-state index in [1.54, 1.807) is 6.20 Å². The summed E-state index contributed by atoms with van der Waals surface area (Å²) in [5, 5.41) is 7.20. The predicted molar refractivity (Wildman–Crippen MR) is 84.5 cm³/mol. The standard InChI is InChI=1S/C15H17BrN4O/c1-3-20-13(10-4-5-10)7-12(19-20)15(21)18-14-11(16)6-9(2)8-17-14/h6-8,10H,3-5H2,1-2H3,(H,17,18,21). The molecule has 0 radical (unpaired) electrons. The van der Waals surface area contributed by atoms with Crippen LogP contribution in [0.4, 0.5) is 5.82 Å². The number of hydrogen-bond acceptors (Lipinski definition) is 3. The lowest BCUT2D eigenvalue weighted by Crippen LogP contribution is -2.14. The smallest absolute Gasteiger partial charge is 0.277 e. The molecule has 6 heteroatoms. The highest BCUT2D eigenvalue weighted by molar-refractivity contribution is 9.10. The minimum Gasteiger partial charge on any atom is -0.304 e. The third kappa shape index (κ3) is 3.00. The third-order valence-corrected chi connectivity index (χ3v) is 4.15. The second-order valence-electron chi connectivity index (χ2n) is 5.34. The van der Waals surface area contributed by atoms with Crippen LogP contribution in [-0.4, -0.2) is 20.7 Å². The van der Waals surface area contributed by atoms with Gasteiger partial charge in [-0.3, -0.25) is 9.48 Å². The Morgan fingerprint density at radius 2 is 2.24 bits per heavy atom. The molecule has 5 nitrogen and oxygen atoms in total. The second kappa shape index (κ2) is 5.60. The zero-order valence-electron chi connectivity index (χ0n) is 12.1. The number of aryl methyl sites for hydroxylation is 2. The first-order valence-electron chi connectivity index (χ1n) is 7.09. The SMILES string of the molecule is CCn1nc(C(=O)Nc2ncc(C)cc2Br)cc1C1CC1. The molecule has 2 aromatic rings. The van der Waals surface area contributed by atoms with Crippen molar-refractivity contribution in [2.75, 3.05) is 5.32 Å². The van der Waals surface area contributed by atoms with Gasteiger partial charge in [0.25, 0.3) is 5.91 Å². The quantitative estimate of drug-likeness (QED) is 0.919. The molecule has 1 aliphatic carbocycles. The van der Waals surface area contributed by atoms with Crippen LogP contribution in [0, 0.1) is 6.92 Å². The summed E-state index contributed by atoms with van der Waals surface area (Å²) in [5.41, 5.74) is 2.65. The maximum Gasteiger partial charge on any atom is 0.277 e. The number of carbonyl (C=O) groups is 1. The predicted octanol–water partition coefficient (Wildman–Crippen LogP) is 3.50. The van der Waals surface area contributed by atoms with Crippen molar-refractivity contribution >= 4 is 27.7 Å². The topological polar surface area (TPSA) is 59.8 Å². The fraction of sp³-hybridized carbons (Fsp3) is 0.400. The van der Waals surface area contributed by atoms with Crippen LogP contribution >= 0.6 is 15.9 Å². The third-order valence-electron chi connectivity index (χ3n) is 3.55. The molecule has 2 heterocycles. The number of nitrogens with one attached hydrogen (secondary N) is 1. The van der Waals surface area contributed by atoms with E-state index in [4.69, 9.17) is 0 Å². The molecular weight excluding hydrogens is 332 g/mol. The molecule has 1 N–H and O–H groups in total. The van der Waals surface area contributed by atoms with Crippen LogP contribution in [0.15, 0.2) is 22.8 Å². The van der Waals surface area contributed by atoms with Gasteiger partial charge >= 0.3 is 0 Å². The Kier molecular flexibility index (Phi) is 3.80. The Labute approximate surface area is 131 Å². The molecule has 0 saturated heterocycles. The highest BCUT2D eigenvalue weighted by Gasteiger charge is 2.29. The van der Waals surface area contributed by atoms with E-state index in [0.29, 0.717) is 17.4 Å². The lowest BCUT2D eigenvalue weighted by Gasteiger charge is -2.05. The molecule has 0 spiro atoms. The van der Waals surface area contributed by atoms with Gasteiger partial charge in [-0.2, -0.15) is 5.10 Å². The number of anilines is 1. The van der Waals surface area contributed by atoms with Gasteiger partial charge in [-0.15, -0.1) is 0 Å². The van der Waals surface area contributed by atoms with Gasteiger partial charge in [-0.25, -0.2) is 4.98 Å². The number of pyridine rings is 1. The van der Waals surface area contributed by atoms with Crippen molar-refractivity contribution in [3.8, 4) is 0 Å². The minimum absolute atomic E-state index is 0.221. The maximum absolute atomic E-state index is 12.3. The van der Waals surface area contributed by atoms with E-state index in [0.717, 1.165) is 16.6 Å². The molecule has 1 amide bonds. The molecule has 2 aromatic heterocycles. The monoisotopic (exact) mass is 348 g/mol. The van der Waals surface area contributed by atoms with Gasteiger partial charge in [-0.1, -0.05) is 0 Å². The number of carbonyl (C=O) groups excluding carboxylic acids is 1. The normalized spacial score (nSPS) is 14.2. The summed E-state index contributed by atoms with van der Waals surface area (Å²) in [6, 6.07) is 3.82. The molecule has 0 atom stereocenters. The van der Waals surface area contributed by atoms with E-state index >= 15 is 0 Å². The Morgan fingerprint density at radius 1 is 1.48 bits per heavy atom. The van der Waals surface area contributed by atoms with Crippen LogP contribution in [0.5, 0.6) is 0 Å². The van der Waals surface area contributed by atoms with Gasteiger partial charge in [0.1, 0.15) is 5.82 Å². The van der Waals surface area contributed by atoms with Crippen molar-refractivity contribution < 1.29 is 4.79 Å². The van der Waals surface area contributed by atoms with Crippen molar-refractivity contribution in [3.63, 3.8) is 0 Å². The largest absolute Gasteiger partial charge is 0.304 e. The highest BCUT2D eigenvalue weighted by atomic mass is 79.9. The number of hydrogen-bond donors (Lipinski definition) is 1. The van der Waals surface area contributed by atoms with Crippen molar-refractivity contribution in [3.05, 3.63) is 39.8 Å². The van der Waals surface area contributed by atoms with Crippen LogP contribution in [0.25, 0.3) is 0 Å². The zero-order valence-corrected chi connectivity index (χ0v) is 13.6. The first kappa shape index (κ1) is 14.3. The number of halogens is 1. The molecule has 0 unspecified atom stereocenters. The zero-order chi connectivity index (χ0) is 15.0. The average Bonchev–Trinajstić information content (AvgIpc) is 3.20. The van der Waals surface area contributed by atoms with E-state index in [1.807, 2.05) is 30.7 Å². The lowest BCUT2D eigenvalue weighted by atomic mass is 10.2. The summed E-state index contributed by atoms with van der Waals surface area (Å²) in [5.74, 6) is 0.869. The molecule has 0 aromatic carbocycles. The summed E-state index contributed by atoms with van der Waals surface area (Å²) in [7, 11) is 0. The van der Waals surface area contributed by atoms with Crippen molar-refractivity contribution in [2.24, 2.45) is 0 Å². The molecule has 1 aliphatic rings. The Hall–Kier alpha value is -1.69. The van der Waals surface area contributed by atoms with Gasteiger partial charge in [0.2, 0.25) is 0 Å². The average molecular weight is 349 g/mol. The van der Waals surface area contributed by atoms with E-state index in [1.165, 1.54) is 18.5 Å².